The number of primary amides is 1. The number of carbonyl (C=O) groups is 3. The van der Waals surface area contributed by atoms with E-state index in [2.05, 4.69) is 0 Å². The molecule has 1 aliphatic rings. The van der Waals surface area contributed by atoms with Crippen LogP contribution in [-0.4, -0.2) is 35.1 Å². The fourth-order valence-electron chi connectivity index (χ4n) is 1.72. The number of imide groups is 1. The zero-order valence-electron chi connectivity index (χ0n) is 11.3. The first-order chi connectivity index (χ1) is 10.5. The minimum Gasteiger partial charge on any atom is -0.479 e. The van der Waals surface area contributed by atoms with Crippen LogP contribution in [-0.2, 0) is 9.59 Å². The highest BCUT2D eigenvalue weighted by Crippen LogP contribution is 2.32. The maximum absolute atomic E-state index is 12.0. The van der Waals surface area contributed by atoms with Crippen molar-refractivity contribution in [3.05, 3.63) is 34.7 Å². The number of rotatable bonds is 5. The van der Waals surface area contributed by atoms with Gasteiger partial charge in [0, 0.05) is 0 Å². The van der Waals surface area contributed by atoms with E-state index in [4.69, 9.17) is 15.7 Å². The second-order valence-corrected chi connectivity index (χ2v) is 5.24. The molecule has 0 atom stereocenters. The zero-order valence-corrected chi connectivity index (χ0v) is 12.1. The Morgan fingerprint density at radius 3 is 2.64 bits per heavy atom. The number of nitriles is 1. The fraction of sp³-hybridized carbons (Fsp3) is 0.143. The van der Waals surface area contributed by atoms with Crippen LogP contribution < -0.4 is 10.5 Å². The molecule has 1 aromatic rings. The predicted molar refractivity (Wildman–Crippen MR) is 79.4 cm³/mol. The van der Waals surface area contributed by atoms with Crippen LogP contribution in [0.5, 0.6) is 5.75 Å². The van der Waals surface area contributed by atoms with Crippen LogP contribution in [0.25, 0.3) is 6.08 Å². The summed E-state index contributed by atoms with van der Waals surface area (Å²) in [6.45, 7) is -0.478. The molecule has 7 nitrogen and oxygen atoms in total. The number of ether oxygens (including phenoxy) is 1. The van der Waals surface area contributed by atoms with Crippen LogP contribution in [0, 0.1) is 11.3 Å². The van der Waals surface area contributed by atoms with Gasteiger partial charge in [0.25, 0.3) is 11.1 Å². The monoisotopic (exact) mass is 317 g/mol. The van der Waals surface area contributed by atoms with Gasteiger partial charge in [0.15, 0.2) is 6.61 Å². The zero-order chi connectivity index (χ0) is 16.1. The number of hydrogen-bond donors (Lipinski definition) is 1. The van der Waals surface area contributed by atoms with Crippen molar-refractivity contribution in [2.45, 2.75) is 0 Å². The van der Waals surface area contributed by atoms with Gasteiger partial charge in [-0.15, -0.1) is 0 Å². The topological polar surface area (TPSA) is 113 Å². The van der Waals surface area contributed by atoms with Crippen LogP contribution in [0.4, 0.5) is 4.79 Å². The predicted octanol–water partition coefficient (Wildman–Crippen LogP) is 1.11. The third-order valence-electron chi connectivity index (χ3n) is 2.67. The summed E-state index contributed by atoms with van der Waals surface area (Å²) in [7, 11) is 0. The molecule has 0 aromatic heterocycles. The number of nitrogens with zero attached hydrogens (tertiary/aromatic N) is 2. The second kappa shape index (κ2) is 6.78. The third-order valence-corrected chi connectivity index (χ3v) is 3.58. The molecule has 0 aliphatic carbocycles. The molecule has 3 amide bonds. The molecule has 0 bridgehead atoms. The molecule has 1 fully saturated rings. The van der Waals surface area contributed by atoms with Crippen LogP contribution in [0.2, 0.25) is 0 Å². The molecule has 1 saturated heterocycles. The summed E-state index contributed by atoms with van der Waals surface area (Å²) in [5.41, 5.74) is 5.69. The molecule has 0 spiro atoms. The summed E-state index contributed by atoms with van der Waals surface area (Å²) < 4.78 is 5.11. The minimum absolute atomic E-state index is 0.0502. The number of hydrogen-bond acceptors (Lipinski definition) is 6. The molecule has 0 saturated carbocycles. The lowest BCUT2D eigenvalue weighted by molar-refractivity contribution is -0.127. The van der Waals surface area contributed by atoms with E-state index in [1.165, 1.54) is 0 Å². The largest absolute Gasteiger partial charge is 0.479 e. The Balaban J connectivity index is 2.13. The Morgan fingerprint density at radius 1 is 1.36 bits per heavy atom. The molecule has 2 N–H and O–H groups in total. The van der Waals surface area contributed by atoms with E-state index in [1.807, 2.05) is 6.07 Å². The molecule has 0 unspecified atom stereocenters. The molecular formula is C14H11N3O4S. The van der Waals surface area contributed by atoms with E-state index in [0.29, 0.717) is 11.3 Å². The second-order valence-electron chi connectivity index (χ2n) is 4.25. The van der Waals surface area contributed by atoms with Crippen LogP contribution >= 0.6 is 11.8 Å². The van der Waals surface area contributed by atoms with Gasteiger partial charge >= 0.3 is 0 Å². The normalized spacial score (nSPS) is 16.0. The Morgan fingerprint density at radius 2 is 2.05 bits per heavy atom. The van der Waals surface area contributed by atoms with Crippen LogP contribution in [0.3, 0.4) is 0 Å². The molecule has 1 aliphatic heterocycles. The maximum atomic E-state index is 12.0. The quantitative estimate of drug-likeness (QED) is 0.814. The molecule has 2 rings (SSSR count). The molecule has 0 radical (unpaired) electrons. The summed E-state index contributed by atoms with van der Waals surface area (Å²) in [4.78, 5) is 35.5. The molecule has 1 aromatic carbocycles. The first-order valence-corrected chi connectivity index (χ1v) is 6.96. The molecule has 8 heteroatoms. The molecule has 1 heterocycles. The Kier molecular flexibility index (Phi) is 4.80. The average Bonchev–Trinajstić information content (AvgIpc) is 2.74. The number of amides is 3. The van der Waals surface area contributed by atoms with Gasteiger partial charge in [0.05, 0.1) is 4.91 Å². The van der Waals surface area contributed by atoms with Crippen molar-refractivity contribution in [2.75, 3.05) is 13.2 Å². The highest BCUT2D eigenvalue weighted by molar-refractivity contribution is 8.18. The van der Waals surface area contributed by atoms with Crippen molar-refractivity contribution in [3.8, 4) is 11.8 Å². The number of carbonyl (C=O) groups excluding carboxylic acids is 3. The van der Waals surface area contributed by atoms with Gasteiger partial charge < -0.3 is 10.5 Å². The SMILES string of the molecule is N#CCOc1ccc(/C=C2\SC(=O)N(CC(N)=O)C2=O)cc1. The van der Waals surface area contributed by atoms with Crippen molar-refractivity contribution < 1.29 is 19.1 Å². The number of benzene rings is 1. The van der Waals surface area contributed by atoms with Crippen molar-refractivity contribution in [3.63, 3.8) is 0 Å². The third kappa shape index (κ3) is 3.65. The highest BCUT2D eigenvalue weighted by atomic mass is 32.2. The van der Waals surface area contributed by atoms with Crippen molar-refractivity contribution in [1.82, 2.24) is 4.90 Å². The van der Waals surface area contributed by atoms with E-state index in [0.717, 1.165) is 16.7 Å². The van der Waals surface area contributed by atoms with Crippen LogP contribution in [0.1, 0.15) is 5.56 Å². The van der Waals surface area contributed by atoms with Crippen molar-refractivity contribution in [2.24, 2.45) is 5.73 Å². The van der Waals surface area contributed by atoms with Gasteiger partial charge in [-0.3, -0.25) is 19.3 Å². The first-order valence-electron chi connectivity index (χ1n) is 6.14. The van der Waals surface area contributed by atoms with Crippen molar-refractivity contribution >= 4 is 34.9 Å². The van der Waals surface area contributed by atoms with Gasteiger partial charge in [-0.2, -0.15) is 5.26 Å². The Labute approximate surface area is 130 Å². The lowest BCUT2D eigenvalue weighted by Gasteiger charge is -2.08. The Hall–Kier alpha value is -2.79. The van der Waals surface area contributed by atoms with E-state index in [-0.39, 0.29) is 11.5 Å². The minimum atomic E-state index is -0.748. The highest BCUT2D eigenvalue weighted by Gasteiger charge is 2.35. The summed E-state index contributed by atoms with van der Waals surface area (Å²) in [6.07, 6.45) is 1.54. The first kappa shape index (κ1) is 15.6. The van der Waals surface area contributed by atoms with E-state index in [1.54, 1.807) is 30.3 Å². The van der Waals surface area contributed by atoms with E-state index < -0.39 is 23.6 Å². The molecular weight excluding hydrogens is 306 g/mol. The standard InChI is InChI=1S/C14H11N3O4S/c15-5-6-21-10-3-1-9(2-4-10)7-11-13(19)17(8-12(16)18)14(20)22-11/h1-4,7H,6,8H2,(H2,16,18)/b11-7-. The summed E-state index contributed by atoms with van der Waals surface area (Å²) in [6, 6.07) is 8.54. The Bertz CT molecular complexity index is 691. The fourth-order valence-corrected chi connectivity index (χ4v) is 2.56. The lowest BCUT2D eigenvalue weighted by atomic mass is 10.2. The summed E-state index contributed by atoms with van der Waals surface area (Å²) >= 11 is 0.753. The van der Waals surface area contributed by atoms with Gasteiger partial charge in [0.2, 0.25) is 5.91 Å². The van der Waals surface area contributed by atoms with E-state index in [9.17, 15) is 14.4 Å². The van der Waals surface area contributed by atoms with Gasteiger partial charge in [-0.05, 0) is 35.5 Å². The summed E-state index contributed by atoms with van der Waals surface area (Å²) in [5, 5.41) is 7.89. The molecule has 112 valence electrons. The van der Waals surface area contributed by atoms with Gasteiger partial charge in [-0.25, -0.2) is 0 Å². The van der Waals surface area contributed by atoms with Gasteiger partial charge in [-0.1, -0.05) is 12.1 Å². The van der Waals surface area contributed by atoms with Crippen LogP contribution in [0.15, 0.2) is 29.2 Å². The average molecular weight is 317 g/mol. The van der Waals surface area contributed by atoms with Crippen molar-refractivity contribution in [1.29, 1.82) is 5.26 Å². The number of thioether (sulfide) groups is 1. The molecule has 22 heavy (non-hydrogen) atoms. The smallest absolute Gasteiger partial charge is 0.294 e. The summed E-state index contributed by atoms with van der Waals surface area (Å²) in [5.74, 6) is -0.762. The van der Waals surface area contributed by atoms with E-state index >= 15 is 0 Å². The maximum Gasteiger partial charge on any atom is 0.294 e. The van der Waals surface area contributed by atoms with Gasteiger partial charge in [0.1, 0.15) is 18.4 Å². The lowest BCUT2D eigenvalue weighted by Crippen LogP contribution is -2.36. The number of nitrogens with two attached hydrogens (primary N) is 1.